The molecule has 1 atom stereocenters. The van der Waals surface area contributed by atoms with Crippen molar-refractivity contribution in [2.75, 3.05) is 0 Å². The number of ether oxygens (including phenoxy) is 1. The number of benzene rings is 4. The maximum absolute atomic E-state index is 14.7. The Balaban J connectivity index is 1.45. The Morgan fingerprint density at radius 1 is 0.789 bits per heavy atom. The lowest BCUT2D eigenvalue weighted by Gasteiger charge is -2.11. The molecule has 2 nitrogen and oxygen atoms in total. The molecule has 38 heavy (non-hydrogen) atoms. The second-order valence-corrected chi connectivity index (χ2v) is 9.63. The standard InChI is InChI=1S/C30H19BrF5NO/c31-23-12-4-18(5-13-23)16-22-17-27(37-29(22)28-25(32)2-1-3-26(28)33)21-8-6-19(7-9-21)20-10-14-24(15-11-20)38-30(34,35)36/h1-16,27H,17H2/t27-/m1/s1. The first-order valence-electron chi connectivity index (χ1n) is 11.6. The summed E-state index contributed by atoms with van der Waals surface area (Å²) in [5.41, 5.74) is 4.06. The highest BCUT2D eigenvalue weighted by molar-refractivity contribution is 9.10. The maximum atomic E-state index is 14.7. The fourth-order valence-corrected chi connectivity index (χ4v) is 4.63. The lowest BCUT2D eigenvalue weighted by Crippen LogP contribution is -2.16. The molecule has 4 aromatic carbocycles. The average molecular weight is 584 g/mol. The van der Waals surface area contributed by atoms with Crippen molar-refractivity contribution in [1.29, 1.82) is 0 Å². The van der Waals surface area contributed by atoms with Crippen LogP contribution in [0.4, 0.5) is 22.0 Å². The molecule has 0 spiro atoms. The van der Waals surface area contributed by atoms with Crippen molar-refractivity contribution in [3.63, 3.8) is 0 Å². The molecule has 0 amide bonds. The highest BCUT2D eigenvalue weighted by atomic mass is 79.9. The molecule has 0 fully saturated rings. The van der Waals surface area contributed by atoms with Crippen LogP contribution in [0.2, 0.25) is 0 Å². The minimum absolute atomic E-state index is 0.156. The van der Waals surface area contributed by atoms with Gasteiger partial charge in [-0.3, -0.25) is 4.99 Å². The number of halogens is 6. The van der Waals surface area contributed by atoms with Gasteiger partial charge in [0.2, 0.25) is 0 Å². The summed E-state index contributed by atoms with van der Waals surface area (Å²) in [5, 5.41) is 0. The number of aliphatic imine (C=N–C) groups is 1. The predicted octanol–water partition coefficient (Wildman–Crippen LogP) is 9.31. The molecule has 0 unspecified atom stereocenters. The minimum Gasteiger partial charge on any atom is -0.406 e. The van der Waals surface area contributed by atoms with Crippen molar-refractivity contribution >= 4 is 27.7 Å². The van der Waals surface area contributed by atoms with Gasteiger partial charge in [-0.1, -0.05) is 70.5 Å². The molecule has 1 aliphatic rings. The minimum atomic E-state index is -4.75. The normalized spacial score (nSPS) is 16.5. The smallest absolute Gasteiger partial charge is 0.406 e. The van der Waals surface area contributed by atoms with E-state index in [1.807, 2.05) is 54.6 Å². The largest absolute Gasteiger partial charge is 0.573 e. The summed E-state index contributed by atoms with van der Waals surface area (Å²) in [4.78, 5) is 4.73. The SMILES string of the molecule is Fc1cccc(F)c1C1=N[C@@H](c2ccc(-c3ccc(OC(F)(F)F)cc3)cc2)CC1=Cc1ccc(Br)cc1. The molecular formula is C30H19BrF5NO. The Kier molecular flexibility index (Phi) is 7.17. The fraction of sp³-hybridized carbons (Fsp3) is 0.100. The maximum Gasteiger partial charge on any atom is 0.573 e. The fourth-order valence-electron chi connectivity index (χ4n) is 4.37. The summed E-state index contributed by atoms with van der Waals surface area (Å²) in [5.74, 6) is -1.66. The molecule has 0 bridgehead atoms. The molecule has 0 radical (unpaired) electrons. The molecular weight excluding hydrogens is 565 g/mol. The number of rotatable bonds is 5. The van der Waals surface area contributed by atoms with Crippen LogP contribution in [0.5, 0.6) is 5.75 Å². The van der Waals surface area contributed by atoms with Crippen LogP contribution in [-0.2, 0) is 0 Å². The van der Waals surface area contributed by atoms with E-state index in [-0.39, 0.29) is 23.1 Å². The van der Waals surface area contributed by atoms with Gasteiger partial charge in [0, 0.05) is 10.9 Å². The van der Waals surface area contributed by atoms with E-state index in [1.165, 1.54) is 30.3 Å². The van der Waals surface area contributed by atoms with Crippen molar-refractivity contribution in [1.82, 2.24) is 0 Å². The topological polar surface area (TPSA) is 21.6 Å². The Labute approximate surface area is 224 Å². The molecule has 0 aliphatic carbocycles. The van der Waals surface area contributed by atoms with Crippen LogP contribution in [0.25, 0.3) is 17.2 Å². The van der Waals surface area contributed by atoms with Crippen LogP contribution in [0.15, 0.2) is 106 Å². The molecule has 8 heteroatoms. The monoisotopic (exact) mass is 583 g/mol. The quantitative estimate of drug-likeness (QED) is 0.214. The molecule has 0 N–H and O–H groups in total. The highest BCUT2D eigenvalue weighted by Crippen LogP contribution is 2.38. The third-order valence-corrected chi connectivity index (χ3v) is 6.66. The Morgan fingerprint density at radius 2 is 1.37 bits per heavy atom. The van der Waals surface area contributed by atoms with Gasteiger partial charge in [0.15, 0.2) is 0 Å². The third-order valence-electron chi connectivity index (χ3n) is 6.13. The average Bonchev–Trinajstić information content (AvgIpc) is 3.28. The highest BCUT2D eigenvalue weighted by Gasteiger charge is 2.31. The van der Waals surface area contributed by atoms with Crippen LogP contribution < -0.4 is 4.74 Å². The van der Waals surface area contributed by atoms with Gasteiger partial charge in [-0.05, 0) is 70.3 Å². The first-order valence-corrected chi connectivity index (χ1v) is 12.4. The van der Waals surface area contributed by atoms with E-state index in [0.29, 0.717) is 17.6 Å². The summed E-state index contributed by atoms with van der Waals surface area (Å²) in [6.07, 6.45) is -2.42. The number of hydrogen-bond acceptors (Lipinski definition) is 2. The van der Waals surface area contributed by atoms with E-state index in [4.69, 9.17) is 4.99 Å². The van der Waals surface area contributed by atoms with E-state index in [9.17, 15) is 22.0 Å². The van der Waals surface area contributed by atoms with Crippen LogP contribution in [0.3, 0.4) is 0 Å². The Hall–Kier alpha value is -3.78. The molecule has 1 heterocycles. The van der Waals surface area contributed by atoms with Crippen molar-refractivity contribution in [2.45, 2.75) is 18.8 Å². The van der Waals surface area contributed by atoms with Gasteiger partial charge in [0.1, 0.15) is 17.4 Å². The molecule has 0 saturated heterocycles. The van der Waals surface area contributed by atoms with E-state index >= 15 is 0 Å². The van der Waals surface area contributed by atoms with Gasteiger partial charge >= 0.3 is 6.36 Å². The van der Waals surface area contributed by atoms with Crippen molar-refractivity contribution < 1.29 is 26.7 Å². The van der Waals surface area contributed by atoms with Crippen molar-refractivity contribution in [2.24, 2.45) is 4.99 Å². The molecule has 4 aromatic rings. The third kappa shape index (κ3) is 5.86. The van der Waals surface area contributed by atoms with E-state index in [1.54, 1.807) is 12.1 Å². The Morgan fingerprint density at radius 3 is 1.95 bits per heavy atom. The molecule has 192 valence electrons. The molecule has 5 rings (SSSR count). The van der Waals surface area contributed by atoms with Gasteiger partial charge in [-0.2, -0.15) is 0 Å². The lowest BCUT2D eigenvalue weighted by molar-refractivity contribution is -0.274. The van der Waals surface area contributed by atoms with Crippen LogP contribution in [0, 0.1) is 11.6 Å². The second kappa shape index (κ2) is 10.5. The van der Waals surface area contributed by atoms with E-state index in [0.717, 1.165) is 21.2 Å². The number of nitrogens with zero attached hydrogens (tertiary/aromatic N) is 1. The zero-order valence-corrected chi connectivity index (χ0v) is 21.2. The van der Waals surface area contributed by atoms with Crippen LogP contribution in [-0.4, -0.2) is 12.1 Å². The zero-order valence-electron chi connectivity index (χ0n) is 19.6. The second-order valence-electron chi connectivity index (χ2n) is 8.71. The predicted molar refractivity (Wildman–Crippen MR) is 141 cm³/mol. The first kappa shape index (κ1) is 25.9. The van der Waals surface area contributed by atoms with E-state index < -0.39 is 18.0 Å². The van der Waals surface area contributed by atoms with Crippen LogP contribution in [0.1, 0.15) is 29.2 Å². The summed E-state index contributed by atoms with van der Waals surface area (Å²) in [7, 11) is 0. The molecule has 1 aliphatic heterocycles. The van der Waals surface area contributed by atoms with Crippen LogP contribution >= 0.6 is 15.9 Å². The molecule has 0 aromatic heterocycles. The van der Waals surface area contributed by atoms with Gasteiger partial charge in [0.05, 0.1) is 17.3 Å². The summed E-state index contributed by atoms with van der Waals surface area (Å²) >= 11 is 3.41. The zero-order chi connectivity index (χ0) is 26.9. The van der Waals surface area contributed by atoms with Gasteiger partial charge in [-0.15, -0.1) is 13.2 Å². The summed E-state index contributed by atoms with van der Waals surface area (Å²) in [6.45, 7) is 0. The number of hydrogen-bond donors (Lipinski definition) is 0. The van der Waals surface area contributed by atoms with Crippen molar-refractivity contribution in [3.05, 3.63) is 129 Å². The molecule has 0 saturated carbocycles. The van der Waals surface area contributed by atoms with Gasteiger partial charge < -0.3 is 4.74 Å². The van der Waals surface area contributed by atoms with Crippen molar-refractivity contribution in [3.8, 4) is 16.9 Å². The van der Waals surface area contributed by atoms with Gasteiger partial charge in [0.25, 0.3) is 0 Å². The lowest BCUT2D eigenvalue weighted by atomic mass is 9.95. The van der Waals surface area contributed by atoms with Gasteiger partial charge in [-0.25, -0.2) is 8.78 Å². The number of alkyl halides is 3. The Bertz CT molecular complexity index is 1490. The first-order chi connectivity index (χ1) is 18.2. The van der Waals surface area contributed by atoms with E-state index in [2.05, 4.69) is 20.7 Å². The summed E-state index contributed by atoms with van der Waals surface area (Å²) in [6, 6.07) is 24.0. The summed E-state index contributed by atoms with van der Waals surface area (Å²) < 4.78 is 71.6.